The Morgan fingerprint density at radius 1 is 1.26 bits per heavy atom. The molecule has 0 saturated carbocycles. The molecule has 0 bridgehead atoms. The normalized spacial score (nSPS) is 17.0. The predicted octanol–water partition coefficient (Wildman–Crippen LogP) is 3.81. The molecule has 1 N–H and O–H groups in total. The quantitative estimate of drug-likeness (QED) is 0.763. The van der Waals surface area contributed by atoms with Gasteiger partial charge in [-0.3, -0.25) is 4.79 Å². The fraction of sp³-hybridized carbons (Fsp3) is 0.333. The molecule has 1 aromatic heterocycles. The predicted molar refractivity (Wildman–Crippen MR) is 101 cm³/mol. The van der Waals surface area contributed by atoms with Crippen LogP contribution in [0, 0.1) is 5.82 Å². The average Bonchev–Trinajstić information content (AvgIpc) is 3.29. The molecular formula is C21H22FN3O2. The Hall–Kier alpha value is -2.89. The third-order valence-corrected chi connectivity index (χ3v) is 5.27. The van der Waals surface area contributed by atoms with E-state index in [2.05, 4.69) is 11.5 Å². The number of carbonyl (C=O) groups excluding carboxylic acids is 1. The fourth-order valence-corrected chi connectivity index (χ4v) is 3.98. The number of hydrogen-bond acceptors (Lipinski definition) is 3. The molecule has 1 atom stereocenters. The minimum absolute atomic E-state index is 0.0664. The molecule has 140 valence electrons. The van der Waals surface area contributed by atoms with E-state index in [1.54, 1.807) is 17.0 Å². The zero-order chi connectivity index (χ0) is 19.0. The lowest BCUT2D eigenvalue weighted by atomic mass is 10.1. The van der Waals surface area contributed by atoms with Crippen LogP contribution in [0.25, 0.3) is 11.0 Å². The number of rotatable bonds is 4. The number of nitrogens with zero attached hydrogens (tertiary/aromatic N) is 3. The van der Waals surface area contributed by atoms with E-state index in [0.717, 1.165) is 36.2 Å². The second-order valence-electron chi connectivity index (χ2n) is 6.88. The molecule has 6 heteroatoms. The lowest BCUT2D eigenvalue weighted by molar-refractivity contribution is -0.131. The highest BCUT2D eigenvalue weighted by Gasteiger charge is 2.33. The van der Waals surface area contributed by atoms with Crippen molar-refractivity contribution in [2.45, 2.75) is 38.8 Å². The van der Waals surface area contributed by atoms with Crippen LogP contribution in [0.15, 0.2) is 42.5 Å². The smallest absolute Gasteiger partial charge is 0.227 e. The minimum atomic E-state index is -0.720. The van der Waals surface area contributed by atoms with Gasteiger partial charge in [0.15, 0.2) is 11.6 Å². The number of carbonyl (C=O) groups is 1. The number of hydrogen-bond donors (Lipinski definition) is 1. The molecule has 1 aliphatic rings. The summed E-state index contributed by atoms with van der Waals surface area (Å²) in [6.45, 7) is 3.48. The van der Waals surface area contributed by atoms with Gasteiger partial charge in [-0.25, -0.2) is 9.37 Å². The molecule has 1 aliphatic heterocycles. The molecule has 0 aliphatic carbocycles. The number of aryl methyl sites for hydroxylation is 1. The van der Waals surface area contributed by atoms with Crippen LogP contribution in [0.5, 0.6) is 5.75 Å². The number of para-hydroxylation sites is 2. The maximum absolute atomic E-state index is 14.1. The SMILES string of the molecule is CCn1c(C2CCCN2C(=O)Cc2cccc(O)c2F)nc2ccccc21. The van der Waals surface area contributed by atoms with Crippen LogP contribution in [-0.2, 0) is 17.8 Å². The van der Waals surface area contributed by atoms with E-state index in [-0.39, 0.29) is 23.9 Å². The summed E-state index contributed by atoms with van der Waals surface area (Å²) in [6.07, 6.45) is 1.67. The third kappa shape index (κ3) is 3.05. The average molecular weight is 367 g/mol. The van der Waals surface area contributed by atoms with E-state index in [4.69, 9.17) is 4.98 Å². The van der Waals surface area contributed by atoms with Gasteiger partial charge < -0.3 is 14.6 Å². The summed E-state index contributed by atoms with van der Waals surface area (Å²) in [7, 11) is 0. The first-order chi connectivity index (χ1) is 13.1. The van der Waals surface area contributed by atoms with Crippen molar-refractivity contribution in [1.82, 2.24) is 14.5 Å². The Morgan fingerprint density at radius 2 is 2.07 bits per heavy atom. The van der Waals surface area contributed by atoms with Crippen molar-refractivity contribution in [1.29, 1.82) is 0 Å². The molecule has 0 spiro atoms. The number of imidazole rings is 1. The number of fused-ring (bicyclic) bond motifs is 1. The lowest BCUT2D eigenvalue weighted by Gasteiger charge is -2.25. The highest BCUT2D eigenvalue weighted by Crippen LogP contribution is 2.34. The van der Waals surface area contributed by atoms with E-state index in [1.807, 2.05) is 24.3 Å². The Kier molecular flexibility index (Phi) is 4.56. The molecular weight excluding hydrogens is 345 g/mol. The van der Waals surface area contributed by atoms with Gasteiger partial charge in [-0.2, -0.15) is 0 Å². The second-order valence-corrected chi connectivity index (χ2v) is 6.88. The van der Waals surface area contributed by atoms with Crippen molar-refractivity contribution in [3.05, 3.63) is 59.7 Å². The molecule has 3 aromatic rings. The fourth-order valence-electron chi connectivity index (χ4n) is 3.98. The number of amides is 1. The van der Waals surface area contributed by atoms with E-state index < -0.39 is 11.6 Å². The maximum atomic E-state index is 14.1. The molecule has 27 heavy (non-hydrogen) atoms. The van der Waals surface area contributed by atoms with E-state index in [1.165, 1.54) is 6.07 Å². The van der Waals surface area contributed by atoms with Gasteiger partial charge in [0.25, 0.3) is 0 Å². The van der Waals surface area contributed by atoms with Crippen LogP contribution >= 0.6 is 0 Å². The number of phenolic OH excluding ortho intramolecular Hbond substituents is 1. The molecule has 0 radical (unpaired) electrons. The molecule has 4 rings (SSSR count). The highest BCUT2D eigenvalue weighted by atomic mass is 19.1. The molecule has 1 amide bonds. The van der Waals surface area contributed by atoms with Crippen LogP contribution < -0.4 is 0 Å². The van der Waals surface area contributed by atoms with Gasteiger partial charge in [-0.15, -0.1) is 0 Å². The Bertz CT molecular complexity index is 998. The largest absolute Gasteiger partial charge is 0.505 e. The number of aromatic hydroxyl groups is 1. The summed E-state index contributed by atoms with van der Waals surface area (Å²) in [4.78, 5) is 19.5. The first-order valence-electron chi connectivity index (χ1n) is 9.31. The number of likely N-dealkylation sites (tertiary alicyclic amines) is 1. The minimum Gasteiger partial charge on any atom is -0.505 e. The van der Waals surface area contributed by atoms with Gasteiger partial charge in [0.05, 0.1) is 23.5 Å². The standard InChI is InChI=1S/C21H22FN3O2/c1-2-24-16-9-4-3-8-15(16)23-21(24)17-10-6-12-25(17)19(27)13-14-7-5-11-18(26)20(14)22/h3-5,7-9,11,17,26H,2,6,10,12-13H2,1H3. The van der Waals surface area contributed by atoms with Gasteiger partial charge in [-0.05, 0) is 38.0 Å². The zero-order valence-electron chi connectivity index (χ0n) is 15.2. The molecule has 1 fully saturated rings. The van der Waals surface area contributed by atoms with Crippen molar-refractivity contribution in [2.75, 3.05) is 6.54 Å². The van der Waals surface area contributed by atoms with Crippen molar-refractivity contribution in [2.24, 2.45) is 0 Å². The Labute approximate surface area is 157 Å². The van der Waals surface area contributed by atoms with E-state index in [0.29, 0.717) is 6.54 Å². The molecule has 1 saturated heterocycles. The number of phenols is 1. The van der Waals surface area contributed by atoms with Crippen molar-refractivity contribution in [3.63, 3.8) is 0 Å². The molecule has 2 heterocycles. The summed E-state index contributed by atoms with van der Waals surface area (Å²) in [6, 6.07) is 12.2. The summed E-state index contributed by atoms with van der Waals surface area (Å²) < 4.78 is 16.2. The molecule has 2 aromatic carbocycles. The van der Waals surface area contributed by atoms with Crippen LogP contribution in [0.2, 0.25) is 0 Å². The summed E-state index contributed by atoms with van der Waals surface area (Å²) in [5.74, 6) is -0.397. The van der Waals surface area contributed by atoms with Crippen molar-refractivity contribution < 1.29 is 14.3 Å². The Morgan fingerprint density at radius 3 is 2.89 bits per heavy atom. The third-order valence-electron chi connectivity index (χ3n) is 5.27. The second kappa shape index (κ2) is 7.02. The molecule has 1 unspecified atom stereocenters. The van der Waals surface area contributed by atoms with Crippen molar-refractivity contribution in [3.8, 4) is 5.75 Å². The van der Waals surface area contributed by atoms with E-state index >= 15 is 0 Å². The van der Waals surface area contributed by atoms with Crippen molar-refractivity contribution >= 4 is 16.9 Å². The summed E-state index contributed by atoms with van der Waals surface area (Å²) >= 11 is 0. The van der Waals surface area contributed by atoms with Gasteiger partial charge in [0.1, 0.15) is 5.82 Å². The van der Waals surface area contributed by atoms with Crippen LogP contribution in [0.3, 0.4) is 0 Å². The Balaban J connectivity index is 1.64. The van der Waals surface area contributed by atoms with Gasteiger partial charge >= 0.3 is 0 Å². The van der Waals surface area contributed by atoms with Gasteiger partial charge in [-0.1, -0.05) is 24.3 Å². The first kappa shape index (κ1) is 17.5. The van der Waals surface area contributed by atoms with Crippen LogP contribution in [-0.4, -0.2) is 32.0 Å². The highest BCUT2D eigenvalue weighted by molar-refractivity contribution is 5.80. The molecule has 5 nitrogen and oxygen atoms in total. The van der Waals surface area contributed by atoms with Crippen LogP contribution in [0.4, 0.5) is 4.39 Å². The maximum Gasteiger partial charge on any atom is 0.227 e. The van der Waals surface area contributed by atoms with Crippen LogP contribution in [0.1, 0.15) is 37.2 Å². The lowest BCUT2D eigenvalue weighted by Crippen LogP contribution is -2.33. The summed E-state index contributed by atoms with van der Waals surface area (Å²) in [5, 5.41) is 9.54. The van der Waals surface area contributed by atoms with Gasteiger partial charge in [0, 0.05) is 18.7 Å². The zero-order valence-corrected chi connectivity index (χ0v) is 15.2. The van der Waals surface area contributed by atoms with E-state index in [9.17, 15) is 14.3 Å². The monoisotopic (exact) mass is 367 g/mol. The topological polar surface area (TPSA) is 58.4 Å². The first-order valence-corrected chi connectivity index (χ1v) is 9.31. The number of benzene rings is 2. The van der Waals surface area contributed by atoms with Gasteiger partial charge in [0.2, 0.25) is 5.91 Å². The number of aromatic nitrogens is 2. The summed E-state index contributed by atoms with van der Waals surface area (Å²) in [5.41, 5.74) is 2.20. The number of halogens is 1.